The summed E-state index contributed by atoms with van der Waals surface area (Å²) < 4.78 is 21.3. The molecule has 1 atom stereocenters. The number of hydrogen-bond donors (Lipinski definition) is 3. The van der Waals surface area contributed by atoms with Crippen LogP contribution in [-0.2, 0) is 11.3 Å². The predicted molar refractivity (Wildman–Crippen MR) is 50.0 cm³/mol. The fourth-order valence-corrected chi connectivity index (χ4v) is 1.25. The molecule has 1 aromatic carbocycles. The topological polar surface area (TPSA) is 75.3 Å². The fourth-order valence-electron chi connectivity index (χ4n) is 0.844. The van der Waals surface area contributed by atoms with Gasteiger partial charge in [0.25, 0.3) is 11.3 Å². The van der Waals surface area contributed by atoms with E-state index in [1.807, 2.05) is 6.92 Å². The minimum Gasteiger partial charge on any atom is -0.399 e. The van der Waals surface area contributed by atoms with Crippen LogP contribution < -0.4 is 10.5 Å². The Morgan fingerprint density at radius 2 is 2.25 bits per heavy atom. The van der Waals surface area contributed by atoms with Crippen molar-refractivity contribution in [1.29, 1.82) is 0 Å². The van der Waals surface area contributed by atoms with Crippen LogP contribution in [0.4, 0.5) is 11.4 Å². The molecule has 0 aliphatic rings. The summed E-state index contributed by atoms with van der Waals surface area (Å²) in [7, 11) is 0. The average molecular weight is 186 g/mol. The van der Waals surface area contributed by atoms with E-state index in [2.05, 4.69) is 4.72 Å². The lowest BCUT2D eigenvalue weighted by atomic mass is 10.2. The molecule has 5 heteroatoms. The molecule has 1 unspecified atom stereocenters. The van der Waals surface area contributed by atoms with Gasteiger partial charge in [-0.2, -0.15) is 0 Å². The number of nitrogens with one attached hydrogen (secondary N) is 1. The summed E-state index contributed by atoms with van der Waals surface area (Å²) in [5.41, 5.74) is 7.51. The number of rotatable bonds is 2. The van der Waals surface area contributed by atoms with Crippen molar-refractivity contribution in [2.24, 2.45) is 0 Å². The Morgan fingerprint density at radius 1 is 1.58 bits per heavy atom. The number of nitrogens with two attached hydrogens (primary N) is 1. The molecule has 0 aliphatic carbocycles. The van der Waals surface area contributed by atoms with Crippen molar-refractivity contribution in [2.45, 2.75) is 6.92 Å². The molecular weight excluding hydrogens is 176 g/mol. The molecule has 66 valence electrons. The molecule has 0 heterocycles. The van der Waals surface area contributed by atoms with E-state index in [0.717, 1.165) is 5.56 Å². The molecule has 0 aromatic heterocycles. The summed E-state index contributed by atoms with van der Waals surface area (Å²) in [6.45, 7) is 1.83. The molecule has 1 rings (SSSR count). The van der Waals surface area contributed by atoms with Gasteiger partial charge < -0.3 is 5.73 Å². The first kappa shape index (κ1) is 9.02. The van der Waals surface area contributed by atoms with Crippen LogP contribution in [-0.4, -0.2) is 8.76 Å². The van der Waals surface area contributed by atoms with Gasteiger partial charge in [-0.3, -0.25) is 9.27 Å². The van der Waals surface area contributed by atoms with Crippen LogP contribution in [0.15, 0.2) is 18.2 Å². The zero-order valence-electron chi connectivity index (χ0n) is 6.57. The zero-order chi connectivity index (χ0) is 9.14. The van der Waals surface area contributed by atoms with Gasteiger partial charge in [-0.15, -0.1) is 0 Å². The second-order valence-corrected chi connectivity index (χ2v) is 3.13. The highest BCUT2D eigenvalue weighted by Crippen LogP contribution is 2.17. The van der Waals surface area contributed by atoms with Crippen LogP contribution in [0, 0.1) is 6.92 Å². The molecular formula is C7H10N2O2S. The highest BCUT2D eigenvalue weighted by Gasteiger charge is 1.99. The van der Waals surface area contributed by atoms with Gasteiger partial charge in [0, 0.05) is 5.69 Å². The number of nitrogen functional groups attached to an aromatic ring is 1. The largest absolute Gasteiger partial charge is 0.399 e. The number of anilines is 2. The van der Waals surface area contributed by atoms with Crippen molar-refractivity contribution < 1.29 is 8.76 Å². The molecule has 0 spiro atoms. The standard InChI is InChI=1S/C7H10N2O2S/c1-5-2-3-6(8)4-7(5)9-12(10)11/h2-4,9H,8H2,1H3,(H,10,11). The number of benzene rings is 1. The lowest BCUT2D eigenvalue weighted by Gasteiger charge is -2.05. The Balaban J connectivity index is 2.97. The smallest absolute Gasteiger partial charge is 0.259 e. The lowest BCUT2D eigenvalue weighted by molar-refractivity contribution is 0.570. The van der Waals surface area contributed by atoms with E-state index >= 15 is 0 Å². The monoisotopic (exact) mass is 186 g/mol. The minimum atomic E-state index is -2.04. The third kappa shape index (κ3) is 2.21. The molecule has 0 amide bonds. The van der Waals surface area contributed by atoms with Crippen molar-refractivity contribution in [3.63, 3.8) is 0 Å². The van der Waals surface area contributed by atoms with Crippen molar-refractivity contribution in [3.8, 4) is 0 Å². The van der Waals surface area contributed by atoms with Crippen LogP contribution in [0.25, 0.3) is 0 Å². The van der Waals surface area contributed by atoms with Crippen LogP contribution in [0.1, 0.15) is 5.56 Å². The van der Waals surface area contributed by atoms with Crippen molar-refractivity contribution in [2.75, 3.05) is 10.5 Å². The van der Waals surface area contributed by atoms with Crippen molar-refractivity contribution in [3.05, 3.63) is 23.8 Å². The minimum absolute atomic E-state index is 0.563. The van der Waals surface area contributed by atoms with E-state index in [9.17, 15) is 4.21 Å². The summed E-state index contributed by atoms with van der Waals surface area (Å²) in [6, 6.07) is 5.13. The van der Waals surface area contributed by atoms with Gasteiger partial charge in [-0.1, -0.05) is 6.07 Å². The second kappa shape index (κ2) is 3.55. The maximum atomic E-state index is 10.4. The van der Waals surface area contributed by atoms with E-state index in [0.29, 0.717) is 11.4 Å². The summed E-state index contributed by atoms with van der Waals surface area (Å²) in [4.78, 5) is 0. The average Bonchev–Trinajstić information content (AvgIpc) is 1.96. The van der Waals surface area contributed by atoms with Crippen LogP contribution in [0.3, 0.4) is 0 Å². The van der Waals surface area contributed by atoms with Gasteiger partial charge in [0.15, 0.2) is 0 Å². The Morgan fingerprint density at radius 3 is 2.83 bits per heavy atom. The summed E-state index contributed by atoms with van der Waals surface area (Å²) >= 11 is -2.04. The summed E-state index contributed by atoms with van der Waals surface area (Å²) in [5, 5.41) is 0. The quantitative estimate of drug-likeness (QED) is 0.478. The summed E-state index contributed by atoms with van der Waals surface area (Å²) in [6.07, 6.45) is 0. The van der Waals surface area contributed by atoms with Crippen LogP contribution in [0.5, 0.6) is 0 Å². The maximum Gasteiger partial charge on any atom is 0.259 e. The third-order valence-electron chi connectivity index (χ3n) is 1.46. The molecule has 4 N–H and O–H groups in total. The number of hydrogen-bond acceptors (Lipinski definition) is 2. The first-order valence-electron chi connectivity index (χ1n) is 3.33. The van der Waals surface area contributed by atoms with Crippen LogP contribution in [0.2, 0.25) is 0 Å². The first-order valence-corrected chi connectivity index (χ1v) is 4.44. The first-order chi connectivity index (χ1) is 5.59. The van der Waals surface area contributed by atoms with Crippen molar-refractivity contribution in [1.82, 2.24) is 0 Å². The Hall–Kier alpha value is -1.07. The molecule has 4 nitrogen and oxygen atoms in total. The van der Waals surface area contributed by atoms with Gasteiger partial charge in [-0.25, -0.2) is 4.21 Å². The van der Waals surface area contributed by atoms with Crippen molar-refractivity contribution >= 4 is 22.6 Å². The van der Waals surface area contributed by atoms with Gasteiger partial charge in [-0.05, 0) is 24.6 Å². The van der Waals surface area contributed by atoms with Gasteiger partial charge >= 0.3 is 0 Å². The van der Waals surface area contributed by atoms with E-state index in [1.165, 1.54) is 0 Å². The fraction of sp³-hybridized carbons (Fsp3) is 0.143. The predicted octanol–water partition coefficient (Wildman–Crippen LogP) is 1.13. The highest BCUT2D eigenvalue weighted by molar-refractivity contribution is 7.80. The molecule has 0 fully saturated rings. The summed E-state index contributed by atoms with van der Waals surface area (Å²) in [5.74, 6) is 0. The molecule has 1 aromatic rings. The van der Waals surface area contributed by atoms with E-state index in [4.69, 9.17) is 10.3 Å². The maximum absolute atomic E-state index is 10.4. The van der Waals surface area contributed by atoms with E-state index in [-0.39, 0.29) is 0 Å². The molecule has 0 radical (unpaired) electrons. The Bertz CT molecular complexity index is 314. The molecule has 0 aliphatic heterocycles. The van der Waals surface area contributed by atoms with E-state index < -0.39 is 11.3 Å². The van der Waals surface area contributed by atoms with Crippen LogP contribution >= 0.6 is 0 Å². The normalized spacial score (nSPS) is 12.5. The highest BCUT2D eigenvalue weighted by atomic mass is 32.2. The Kier molecular flexibility index (Phi) is 2.67. The third-order valence-corrected chi connectivity index (χ3v) is 1.85. The van der Waals surface area contributed by atoms with Gasteiger partial charge in [0.2, 0.25) is 0 Å². The SMILES string of the molecule is Cc1ccc(N)cc1NS(=O)O. The number of aryl methyl sites for hydroxylation is 1. The molecule has 0 saturated carbocycles. The van der Waals surface area contributed by atoms with Gasteiger partial charge in [0.1, 0.15) is 0 Å². The Labute approximate surface area is 73.2 Å². The molecule has 0 bridgehead atoms. The zero-order valence-corrected chi connectivity index (χ0v) is 7.39. The van der Waals surface area contributed by atoms with E-state index in [1.54, 1.807) is 18.2 Å². The lowest BCUT2D eigenvalue weighted by Crippen LogP contribution is -2.03. The molecule has 12 heavy (non-hydrogen) atoms. The second-order valence-electron chi connectivity index (χ2n) is 2.43. The molecule has 0 saturated heterocycles. The van der Waals surface area contributed by atoms with Gasteiger partial charge in [0.05, 0.1) is 5.69 Å².